The number of fused-ring (bicyclic) bond motifs is 1. The van der Waals surface area contributed by atoms with Crippen molar-refractivity contribution >= 4 is 35.2 Å². The highest BCUT2D eigenvalue weighted by atomic mass is 35.5. The van der Waals surface area contributed by atoms with Crippen molar-refractivity contribution in [2.75, 3.05) is 21.0 Å². The quantitative estimate of drug-likeness (QED) is 0.516. The van der Waals surface area contributed by atoms with Gasteiger partial charge < -0.3 is 23.7 Å². The van der Waals surface area contributed by atoms with Gasteiger partial charge in [0, 0.05) is 6.08 Å². The Kier molecular flexibility index (Phi) is 5.98. The van der Waals surface area contributed by atoms with Crippen LogP contribution in [0.1, 0.15) is 11.1 Å². The van der Waals surface area contributed by atoms with Crippen molar-refractivity contribution in [3.8, 4) is 23.0 Å². The van der Waals surface area contributed by atoms with Crippen LogP contribution in [-0.4, -0.2) is 27.0 Å². The van der Waals surface area contributed by atoms with E-state index in [4.69, 9.17) is 46.9 Å². The van der Waals surface area contributed by atoms with Gasteiger partial charge in [-0.2, -0.15) is 0 Å². The van der Waals surface area contributed by atoms with Gasteiger partial charge in [0.15, 0.2) is 23.0 Å². The van der Waals surface area contributed by atoms with E-state index in [0.29, 0.717) is 44.2 Å². The van der Waals surface area contributed by atoms with Crippen molar-refractivity contribution in [1.82, 2.24) is 0 Å². The molecule has 2 aromatic carbocycles. The average molecular weight is 411 g/mol. The number of ether oxygens (including phenoxy) is 5. The lowest BCUT2D eigenvalue weighted by Crippen LogP contribution is -2.01. The minimum atomic E-state index is -0.519. The molecule has 142 valence electrons. The molecule has 1 heterocycles. The van der Waals surface area contributed by atoms with Crippen molar-refractivity contribution in [1.29, 1.82) is 0 Å². The van der Waals surface area contributed by atoms with Gasteiger partial charge in [-0.1, -0.05) is 23.2 Å². The summed E-state index contributed by atoms with van der Waals surface area (Å²) in [5.41, 5.74) is 1.36. The van der Waals surface area contributed by atoms with Crippen LogP contribution in [0.25, 0.3) is 6.08 Å². The van der Waals surface area contributed by atoms with E-state index in [1.165, 1.54) is 20.3 Å². The first-order chi connectivity index (χ1) is 13.0. The molecule has 1 aliphatic rings. The molecular formula is C19H16Cl2O6. The maximum absolute atomic E-state index is 12.0. The molecule has 1 aliphatic heterocycles. The zero-order valence-corrected chi connectivity index (χ0v) is 16.1. The van der Waals surface area contributed by atoms with Gasteiger partial charge in [0.2, 0.25) is 6.79 Å². The fourth-order valence-corrected chi connectivity index (χ4v) is 3.09. The molecule has 2 aromatic rings. The van der Waals surface area contributed by atoms with Crippen LogP contribution in [0.4, 0.5) is 0 Å². The SMILES string of the molecule is COc1cc(/C=C/C(=O)OCc2cc(Cl)c3c(c2)OCO3)cc(Cl)c1OC. The number of benzene rings is 2. The number of rotatable bonds is 6. The monoisotopic (exact) mass is 410 g/mol. The summed E-state index contributed by atoms with van der Waals surface area (Å²) < 4.78 is 26.2. The molecule has 0 aromatic heterocycles. The van der Waals surface area contributed by atoms with Gasteiger partial charge in [0.25, 0.3) is 0 Å². The summed E-state index contributed by atoms with van der Waals surface area (Å²) in [5, 5.41) is 0.784. The number of methoxy groups -OCH3 is 2. The standard InChI is InChI=1S/C19H16Cl2O6/c1-23-15-7-11(5-13(20)18(15)24-2)3-4-17(22)25-9-12-6-14(21)19-16(8-12)26-10-27-19/h3-8H,9-10H2,1-2H3/b4-3+. The Morgan fingerprint density at radius 1 is 1.11 bits per heavy atom. The Labute approximate surface area is 166 Å². The van der Waals surface area contributed by atoms with Gasteiger partial charge in [-0.25, -0.2) is 4.79 Å². The third-order valence-electron chi connectivity index (χ3n) is 3.74. The predicted molar refractivity (Wildman–Crippen MR) is 101 cm³/mol. The van der Waals surface area contributed by atoms with Crippen molar-refractivity contribution in [3.63, 3.8) is 0 Å². The smallest absolute Gasteiger partial charge is 0.331 e. The second kappa shape index (κ2) is 8.41. The number of carbonyl (C=O) groups is 1. The van der Waals surface area contributed by atoms with Crippen LogP contribution < -0.4 is 18.9 Å². The topological polar surface area (TPSA) is 63.2 Å². The van der Waals surface area contributed by atoms with Crippen molar-refractivity contribution in [3.05, 3.63) is 51.5 Å². The lowest BCUT2D eigenvalue weighted by molar-refractivity contribution is -0.138. The van der Waals surface area contributed by atoms with E-state index in [1.54, 1.807) is 30.3 Å². The van der Waals surface area contributed by atoms with Gasteiger partial charge in [0.05, 0.1) is 24.3 Å². The first-order valence-corrected chi connectivity index (χ1v) is 8.61. The lowest BCUT2D eigenvalue weighted by atomic mass is 10.2. The van der Waals surface area contributed by atoms with Gasteiger partial charge >= 0.3 is 5.97 Å². The largest absolute Gasteiger partial charge is 0.493 e. The third-order valence-corrected chi connectivity index (χ3v) is 4.30. The molecule has 6 nitrogen and oxygen atoms in total. The van der Waals surface area contributed by atoms with Crippen LogP contribution in [0.2, 0.25) is 10.0 Å². The second-order valence-electron chi connectivity index (χ2n) is 5.49. The summed E-state index contributed by atoms with van der Waals surface area (Å²) in [6.45, 7) is 0.168. The number of carbonyl (C=O) groups excluding carboxylic acids is 1. The third kappa shape index (κ3) is 4.40. The molecular weight excluding hydrogens is 395 g/mol. The van der Waals surface area contributed by atoms with Crippen LogP contribution in [0.5, 0.6) is 23.0 Å². The van der Waals surface area contributed by atoms with E-state index in [2.05, 4.69) is 0 Å². The number of halogens is 2. The molecule has 27 heavy (non-hydrogen) atoms. The Morgan fingerprint density at radius 2 is 1.93 bits per heavy atom. The van der Waals surface area contributed by atoms with E-state index in [0.717, 1.165) is 0 Å². The predicted octanol–water partition coefficient (Wildman–Crippen LogP) is 4.50. The summed E-state index contributed by atoms with van der Waals surface area (Å²) in [6, 6.07) is 6.75. The first kappa shape index (κ1) is 19.2. The summed E-state index contributed by atoms with van der Waals surface area (Å²) in [6.07, 6.45) is 2.87. The fraction of sp³-hybridized carbons (Fsp3) is 0.211. The molecule has 8 heteroatoms. The van der Waals surface area contributed by atoms with Gasteiger partial charge in [-0.05, 0) is 41.5 Å². The van der Waals surface area contributed by atoms with Gasteiger partial charge in [-0.3, -0.25) is 0 Å². The molecule has 0 saturated heterocycles. The molecule has 0 N–H and O–H groups in total. The Hall–Kier alpha value is -2.57. The van der Waals surface area contributed by atoms with E-state index >= 15 is 0 Å². The zero-order chi connectivity index (χ0) is 19.4. The lowest BCUT2D eigenvalue weighted by Gasteiger charge is -2.10. The number of hydrogen-bond donors (Lipinski definition) is 0. The zero-order valence-electron chi connectivity index (χ0n) is 14.6. The van der Waals surface area contributed by atoms with Gasteiger partial charge in [-0.15, -0.1) is 0 Å². The van der Waals surface area contributed by atoms with Crippen molar-refractivity contribution in [2.24, 2.45) is 0 Å². The van der Waals surface area contributed by atoms with E-state index < -0.39 is 5.97 Å². The van der Waals surface area contributed by atoms with Crippen molar-refractivity contribution in [2.45, 2.75) is 6.61 Å². The maximum atomic E-state index is 12.0. The minimum absolute atomic E-state index is 0.0478. The number of hydrogen-bond acceptors (Lipinski definition) is 6. The maximum Gasteiger partial charge on any atom is 0.331 e. The molecule has 0 atom stereocenters. The molecule has 0 aliphatic carbocycles. The highest BCUT2D eigenvalue weighted by Crippen LogP contribution is 2.40. The molecule has 0 amide bonds. The Bertz CT molecular complexity index is 894. The van der Waals surface area contributed by atoms with Crippen LogP contribution in [0.3, 0.4) is 0 Å². The van der Waals surface area contributed by atoms with Crippen LogP contribution in [0, 0.1) is 0 Å². The molecule has 0 bridgehead atoms. The van der Waals surface area contributed by atoms with Crippen molar-refractivity contribution < 1.29 is 28.5 Å². The van der Waals surface area contributed by atoms with E-state index in [9.17, 15) is 4.79 Å². The molecule has 0 radical (unpaired) electrons. The van der Waals surface area contributed by atoms with Crippen LogP contribution in [0.15, 0.2) is 30.3 Å². The molecule has 0 unspecified atom stereocenters. The summed E-state index contributed by atoms with van der Waals surface area (Å²) >= 11 is 12.2. The van der Waals surface area contributed by atoms with E-state index in [1.807, 2.05) is 0 Å². The highest BCUT2D eigenvalue weighted by Gasteiger charge is 2.18. The van der Waals surface area contributed by atoms with Crippen LogP contribution in [-0.2, 0) is 16.1 Å². The Balaban J connectivity index is 1.64. The minimum Gasteiger partial charge on any atom is -0.493 e. The summed E-state index contributed by atoms with van der Waals surface area (Å²) in [7, 11) is 3.01. The van der Waals surface area contributed by atoms with Crippen LogP contribution >= 0.6 is 23.2 Å². The summed E-state index contributed by atoms with van der Waals surface area (Å²) in [4.78, 5) is 12.0. The van der Waals surface area contributed by atoms with Gasteiger partial charge in [0.1, 0.15) is 6.61 Å². The second-order valence-corrected chi connectivity index (χ2v) is 6.31. The molecule has 0 saturated carbocycles. The fourth-order valence-electron chi connectivity index (χ4n) is 2.51. The number of esters is 1. The normalized spacial score (nSPS) is 12.3. The molecule has 0 spiro atoms. The summed E-state index contributed by atoms with van der Waals surface area (Å²) in [5.74, 6) is 1.40. The van der Waals surface area contributed by atoms with E-state index in [-0.39, 0.29) is 13.4 Å². The first-order valence-electron chi connectivity index (χ1n) is 7.86. The average Bonchev–Trinajstić information content (AvgIpc) is 3.13. The Morgan fingerprint density at radius 3 is 2.67 bits per heavy atom. The molecule has 0 fully saturated rings. The highest BCUT2D eigenvalue weighted by molar-refractivity contribution is 6.32. The molecule has 3 rings (SSSR count).